The number of hydrogen-bond donors (Lipinski definition) is 1. The molecule has 4 heteroatoms. The van der Waals surface area contributed by atoms with Gasteiger partial charge in [0.25, 0.3) is 0 Å². The van der Waals surface area contributed by atoms with E-state index >= 15 is 0 Å². The average Bonchev–Trinajstić information content (AvgIpc) is 2.81. The second-order valence-corrected chi connectivity index (χ2v) is 5.49. The molecule has 1 aromatic carbocycles. The predicted molar refractivity (Wildman–Crippen MR) is 74.6 cm³/mol. The van der Waals surface area contributed by atoms with E-state index in [2.05, 4.69) is 28.2 Å². The largest absolute Gasteiger partial charge is 0.379 e. The van der Waals surface area contributed by atoms with Gasteiger partial charge in [-0.3, -0.25) is 4.79 Å². The minimum atomic E-state index is -0.00593. The van der Waals surface area contributed by atoms with Gasteiger partial charge in [-0.05, 0) is 24.2 Å². The molecule has 0 radical (unpaired) electrons. The lowest BCUT2D eigenvalue weighted by molar-refractivity contribution is -0.122. The molecule has 1 heterocycles. The second-order valence-electron chi connectivity index (χ2n) is 4.58. The van der Waals surface area contributed by atoms with Crippen molar-refractivity contribution < 1.29 is 9.53 Å². The van der Waals surface area contributed by atoms with E-state index < -0.39 is 0 Å². The summed E-state index contributed by atoms with van der Waals surface area (Å²) in [4.78, 5) is 12.3. The molecule has 1 fully saturated rings. The molecule has 0 aromatic heterocycles. The number of ketones is 1. The van der Waals surface area contributed by atoms with Crippen molar-refractivity contribution in [3.8, 4) is 0 Å². The van der Waals surface area contributed by atoms with Crippen LogP contribution in [0, 0.1) is 5.92 Å². The zero-order chi connectivity index (χ0) is 13.0. The van der Waals surface area contributed by atoms with E-state index in [0.717, 1.165) is 16.6 Å². The molecule has 1 aliphatic rings. The summed E-state index contributed by atoms with van der Waals surface area (Å²) in [5.41, 5.74) is 1.06. The molecule has 98 valence electrons. The number of halogens is 1. The summed E-state index contributed by atoms with van der Waals surface area (Å²) in [7, 11) is 0. The van der Waals surface area contributed by atoms with Gasteiger partial charge in [0.15, 0.2) is 0 Å². The summed E-state index contributed by atoms with van der Waals surface area (Å²) in [6.45, 7) is 4.11. The predicted octanol–water partition coefficient (Wildman–Crippen LogP) is 2.19. The summed E-state index contributed by atoms with van der Waals surface area (Å²) < 4.78 is 6.44. The van der Waals surface area contributed by atoms with Gasteiger partial charge in [-0.25, -0.2) is 0 Å². The Hall–Kier alpha value is -0.710. The van der Waals surface area contributed by atoms with Crippen LogP contribution in [0.1, 0.15) is 12.5 Å². The van der Waals surface area contributed by atoms with E-state index in [1.54, 1.807) is 0 Å². The van der Waals surface area contributed by atoms with Gasteiger partial charge in [0, 0.05) is 16.9 Å². The minimum Gasteiger partial charge on any atom is -0.379 e. The highest BCUT2D eigenvalue weighted by atomic mass is 79.9. The number of nitrogens with one attached hydrogen (secondary N) is 1. The van der Waals surface area contributed by atoms with Gasteiger partial charge in [0.2, 0.25) is 0 Å². The van der Waals surface area contributed by atoms with Crippen molar-refractivity contribution in [2.75, 3.05) is 19.8 Å². The van der Waals surface area contributed by atoms with Crippen LogP contribution in [-0.2, 0) is 16.0 Å². The summed E-state index contributed by atoms with van der Waals surface area (Å²) >= 11 is 3.39. The lowest BCUT2D eigenvalue weighted by Gasteiger charge is -2.17. The summed E-state index contributed by atoms with van der Waals surface area (Å²) in [6, 6.07) is 8.09. The first-order valence-electron chi connectivity index (χ1n) is 6.29. The third kappa shape index (κ3) is 3.40. The van der Waals surface area contributed by atoms with Crippen LogP contribution in [0.25, 0.3) is 0 Å². The highest BCUT2D eigenvalue weighted by molar-refractivity contribution is 9.10. The Morgan fingerprint density at radius 3 is 2.78 bits per heavy atom. The van der Waals surface area contributed by atoms with Crippen molar-refractivity contribution in [2.45, 2.75) is 19.4 Å². The standard InChI is InChI=1S/C14H18BrNO2/c1-2-16-13-9-18-8-12(13)14(17)7-10-3-5-11(15)6-4-10/h3-6,12-13,16H,2,7-9H2,1H3. The van der Waals surface area contributed by atoms with Crippen molar-refractivity contribution in [3.63, 3.8) is 0 Å². The molecule has 0 aliphatic carbocycles. The highest BCUT2D eigenvalue weighted by Gasteiger charge is 2.32. The maximum Gasteiger partial charge on any atom is 0.144 e. The number of rotatable bonds is 5. The molecule has 0 bridgehead atoms. The van der Waals surface area contributed by atoms with E-state index in [9.17, 15) is 4.79 Å². The highest BCUT2D eigenvalue weighted by Crippen LogP contribution is 2.18. The fourth-order valence-corrected chi connectivity index (χ4v) is 2.53. The van der Waals surface area contributed by atoms with Gasteiger partial charge in [0.1, 0.15) is 5.78 Å². The van der Waals surface area contributed by atoms with E-state index in [4.69, 9.17) is 4.74 Å². The quantitative estimate of drug-likeness (QED) is 0.906. The minimum absolute atomic E-state index is 0.00593. The van der Waals surface area contributed by atoms with Gasteiger partial charge >= 0.3 is 0 Å². The molecule has 2 atom stereocenters. The van der Waals surface area contributed by atoms with Crippen LogP contribution in [0.3, 0.4) is 0 Å². The molecule has 1 aromatic rings. The Morgan fingerprint density at radius 1 is 1.39 bits per heavy atom. The van der Waals surface area contributed by atoms with E-state index in [0.29, 0.717) is 19.6 Å². The van der Waals surface area contributed by atoms with Gasteiger partial charge in [-0.15, -0.1) is 0 Å². The smallest absolute Gasteiger partial charge is 0.144 e. The Morgan fingerprint density at radius 2 is 2.11 bits per heavy atom. The van der Waals surface area contributed by atoms with Gasteiger partial charge in [0.05, 0.1) is 19.1 Å². The van der Waals surface area contributed by atoms with E-state index in [-0.39, 0.29) is 17.7 Å². The molecule has 0 spiro atoms. The summed E-state index contributed by atoms with van der Waals surface area (Å²) in [6.07, 6.45) is 0.489. The SMILES string of the molecule is CCNC1COCC1C(=O)Cc1ccc(Br)cc1. The van der Waals surface area contributed by atoms with Crippen molar-refractivity contribution in [1.82, 2.24) is 5.32 Å². The molecular formula is C14H18BrNO2. The van der Waals surface area contributed by atoms with Crippen LogP contribution in [0.15, 0.2) is 28.7 Å². The fraction of sp³-hybridized carbons (Fsp3) is 0.500. The van der Waals surface area contributed by atoms with Crippen LogP contribution >= 0.6 is 15.9 Å². The number of carbonyl (C=O) groups is 1. The van der Waals surface area contributed by atoms with Crippen molar-refractivity contribution >= 4 is 21.7 Å². The Labute approximate surface area is 116 Å². The van der Waals surface area contributed by atoms with Crippen LogP contribution in [0.5, 0.6) is 0 Å². The summed E-state index contributed by atoms with van der Waals surface area (Å²) in [5, 5.41) is 3.32. The first-order valence-corrected chi connectivity index (χ1v) is 7.08. The lowest BCUT2D eigenvalue weighted by atomic mass is 9.94. The van der Waals surface area contributed by atoms with E-state index in [1.165, 1.54) is 0 Å². The van der Waals surface area contributed by atoms with Crippen LogP contribution in [-0.4, -0.2) is 31.6 Å². The van der Waals surface area contributed by atoms with Crippen molar-refractivity contribution in [3.05, 3.63) is 34.3 Å². The zero-order valence-corrected chi connectivity index (χ0v) is 12.1. The number of carbonyl (C=O) groups excluding carboxylic acids is 1. The first-order chi connectivity index (χ1) is 8.70. The molecule has 18 heavy (non-hydrogen) atoms. The van der Waals surface area contributed by atoms with Crippen molar-refractivity contribution in [2.24, 2.45) is 5.92 Å². The maximum absolute atomic E-state index is 12.3. The lowest BCUT2D eigenvalue weighted by Crippen LogP contribution is -2.39. The van der Waals surface area contributed by atoms with Crippen molar-refractivity contribution in [1.29, 1.82) is 0 Å². The fourth-order valence-electron chi connectivity index (χ4n) is 2.27. The molecule has 1 saturated heterocycles. The Balaban J connectivity index is 1.96. The third-order valence-corrected chi connectivity index (χ3v) is 3.78. The van der Waals surface area contributed by atoms with Gasteiger partial charge in [-0.1, -0.05) is 35.0 Å². The molecule has 2 unspecified atom stereocenters. The first kappa shape index (κ1) is 13.7. The third-order valence-electron chi connectivity index (χ3n) is 3.25. The monoisotopic (exact) mass is 311 g/mol. The van der Waals surface area contributed by atoms with E-state index in [1.807, 2.05) is 24.3 Å². The number of hydrogen-bond acceptors (Lipinski definition) is 3. The topological polar surface area (TPSA) is 38.3 Å². The number of likely N-dealkylation sites (N-methyl/N-ethyl adjacent to an activating group) is 1. The van der Waals surface area contributed by atoms with Gasteiger partial charge < -0.3 is 10.1 Å². The Kier molecular flexibility index (Phi) is 4.92. The average molecular weight is 312 g/mol. The molecular weight excluding hydrogens is 294 g/mol. The number of Topliss-reactive ketones (excluding diaryl/α,β-unsaturated/α-hetero) is 1. The van der Waals surface area contributed by atoms with Crippen LogP contribution < -0.4 is 5.32 Å². The molecule has 1 aliphatic heterocycles. The van der Waals surface area contributed by atoms with Crippen LogP contribution in [0.2, 0.25) is 0 Å². The molecule has 2 rings (SSSR count). The molecule has 3 nitrogen and oxygen atoms in total. The maximum atomic E-state index is 12.3. The summed E-state index contributed by atoms with van der Waals surface area (Å²) in [5.74, 6) is 0.259. The Bertz CT molecular complexity index is 405. The number of ether oxygens (including phenoxy) is 1. The molecule has 1 N–H and O–H groups in total. The normalized spacial score (nSPS) is 23.2. The van der Waals surface area contributed by atoms with Crippen LogP contribution in [0.4, 0.5) is 0 Å². The second kappa shape index (κ2) is 6.45. The molecule has 0 saturated carbocycles. The van der Waals surface area contributed by atoms with Gasteiger partial charge in [-0.2, -0.15) is 0 Å². The zero-order valence-electron chi connectivity index (χ0n) is 10.5. The molecule has 0 amide bonds. The number of benzene rings is 1.